The molecule has 1 aromatic carbocycles. The van der Waals surface area contributed by atoms with Crippen molar-refractivity contribution in [1.82, 2.24) is 15.3 Å². The molecule has 0 spiro atoms. The average Bonchev–Trinajstić information content (AvgIpc) is 2.59. The topological polar surface area (TPSA) is 81.2 Å². The van der Waals surface area contributed by atoms with Gasteiger partial charge in [-0.25, -0.2) is 14.8 Å². The number of aromatic nitrogens is 2. The van der Waals surface area contributed by atoms with Crippen LogP contribution in [0.25, 0.3) is 0 Å². The molecule has 1 atom stereocenters. The van der Waals surface area contributed by atoms with E-state index >= 15 is 0 Å². The fourth-order valence-electron chi connectivity index (χ4n) is 1.73. The second-order valence-corrected chi connectivity index (χ2v) is 5.20. The van der Waals surface area contributed by atoms with E-state index in [2.05, 4.69) is 15.3 Å². The Hall–Kier alpha value is -2.41. The molecule has 7 heteroatoms. The molecular weight excluding hydrogens is 302 g/mol. The first-order chi connectivity index (χ1) is 10.7. The minimum absolute atomic E-state index is 0.115. The van der Waals surface area contributed by atoms with Gasteiger partial charge >= 0.3 is 5.97 Å². The molecule has 2 aromatic rings. The number of amides is 1. The van der Waals surface area contributed by atoms with Gasteiger partial charge in [-0.15, -0.1) is 0 Å². The maximum atomic E-state index is 12.0. The maximum absolute atomic E-state index is 12.0. The molecule has 6 nitrogen and oxygen atoms in total. The summed E-state index contributed by atoms with van der Waals surface area (Å²) in [4.78, 5) is 31.9. The van der Waals surface area contributed by atoms with Crippen molar-refractivity contribution >= 4 is 23.6 Å². The third kappa shape index (κ3) is 4.56. The number of rotatable bonds is 6. The minimum atomic E-state index is -0.823. The number of nitrogens with zero attached hydrogens (tertiary/aromatic N) is 2. The number of esters is 1. The lowest BCUT2D eigenvalue weighted by Crippen LogP contribution is -2.35. The number of hydrogen-bond acceptors (Lipinski definition) is 6. The molecule has 2 rings (SSSR count). The van der Waals surface area contributed by atoms with E-state index in [9.17, 15) is 9.59 Å². The summed E-state index contributed by atoms with van der Waals surface area (Å²) in [6, 6.07) is 9.82. The molecule has 0 unspecified atom stereocenters. The number of hydrogen-bond donors (Lipinski definition) is 1. The monoisotopic (exact) mass is 317 g/mol. The summed E-state index contributed by atoms with van der Waals surface area (Å²) in [6.07, 6.45) is 3.21. The largest absolute Gasteiger partial charge is 0.467 e. The third-order valence-electron chi connectivity index (χ3n) is 2.75. The van der Waals surface area contributed by atoms with E-state index < -0.39 is 12.0 Å². The number of carbonyl (C=O) groups excluding carboxylic acids is 2. The van der Waals surface area contributed by atoms with Crippen LogP contribution in [0.5, 0.6) is 0 Å². The van der Waals surface area contributed by atoms with Crippen LogP contribution in [0.3, 0.4) is 0 Å². The summed E-state index contributed by atoms with van der Waals surface area (Å²) in [5.41, 5.74) is 0.670. The summed E-state index contributed by atoms with van der Waals surface area (Å²) < 4.78 is 4.75. The SMILES string of the molecule is COC(=O)[C@H](NC(=O)CSc1ncccn1)c1ccccc1. The molecule has 114 valence electrons. The Kier molecular flexibility index (Phi) is 5.91. The van der Waals surface area contributed by atoms with Gasteiger partial charge in [-0.3, -0.25) is 4.79 Å². The lowest BCUT2D eigenvalue weighted by molar-refractivity contribution is -0.145. The van der Waals surface area contributed by atoms with Crippen molar-refractivity contribution in [2.45, 2.75) is 11.2 Å². The van der Waals surface area contributed by atoms with Gasteiger partial charge in [0.05, 0.1) is 12.9 Å². The summed E-state index contributed by atoms with van der Waals surface area (Å²) >= 11 is 1.20. The van der Waals surface area contributed by atoms with Crippen LogP contribution >= 0.6 is 11.8 Å². The highest BCUT2D eigenvalue weighted by atomic mass is 32.2. The van der Waals surface area contributed by atoms with Crippen LogP contribution in [0, 0.1) is 0 Å². The van der Waals surface area contributed by atoms with E-state index in [0.29, 0.717) is 10.7 Å². The van der Waals surface area contributed by atoms with Crippen molar-refractivity contribution in [3.8, 4) is 0 Å². The fourth-order valence-corrected chi connectivity index (χ4v) is 2.35. The normalized spacial score (nSPS) is 11.5. The molecule has 0 aliphatic carbocycles. The van der Waals surface area contributed by atoms with E-state index in [0.717, 1.165) is 0 Å². The summed E-state index contributed by atoms with van der Waals surface area (Å²) in [7, 11) is 1.29. The number of thioether (sulfide) groups is 1. The maximum Gasteiger partial charge on any atom is 0.333 e. The number of nitrogens with one attached hydrogen (secondary N) is 1. The molecule has 22 heavy (non-hydrogen) atoms. The van der Waals surface area contributed by atoms with Gasteiger partial charge in [0.15, 0.2) is 11.2 Å². The molecule has 0 bridgehead atoms. The summed E-state index contributed by atoms with van der Waals surface area (Å²) in [5, 5.41) is 3.17. The summed E-state index contributed by atoms with van der Waals surface area (Å²) in [5.74, 6) is -0.693. The molecule has 0 fully saturated rings. The van der Waals surface area contributed by atoms with E-state index in [1.54, 1.807) is 42.7 Å². The van der Waals surface area contributed by atoms with Crippen LogP contribution in [0.1, 0.15) is 11.6 Å². The Labute approximate surface area is 132 Å². The Morgan fingerprint density at radius 1 is 1.18 bits per heavy atom. The molecule has 1 N–H and O–H groups in total. The van der Waals surface area contributed by atoms with Crippen LogP contribution in [-0.2, 0) is 14.3 Å². The van der Waals surface area contributed by atoms with Gasteiger partial charge in [-0.2, -0.15) is 0 Å². The number of methoxy groups -OCH3 is 1. The van der Waals surface area contributed by atoms with Gasteiger partial charge < -0.3 is 10.1 Å². The first kappa shape index (κ1) is 16.0. The second kappa shape index (κ2) is 8.14. The van der Waals surface area contributed by atoms with Gasteiger partial charge in [-0.05, 0) is 11.6 Å². The molecule has 0 radical (unpaired) electrons. The predicted octanol–water partition coefficient (Wildman–Crippen LogP) is 1.60. The van der Waals surface area contributed by atoms with Crippen LogP contribution in [0.15, 0.2) is 53.9 Å². The van der Waals surface area contributed by atoms with Gasteiger partial charge in [0.1, 0.15) is 0 Å². The molecule has 0 saturated heterocycles. The van der Waals surface area contributed by atoms with Crippen LogP contribution < -0.4 is 5.32 Å². The average molecular weight is 317 g/mol. The van der Waals surface area contributed by atoms with Crippen molar-refractivity contribution in [2.75, 3.05) is 12.9 Å². The molecule has 1 amide bonds. The van der Waals surface area contributed by atoms with Crippen LogP contribution in [-0.4, -0.2) is 34.7 Å². The molecule has 0 saturated carbocycles. The number of carbonyl (C=O) groups is 2. The van der Waals surface area contributed by atoms with Gasteiger partial charge in [0.2, 0.25) is 5.91 Å². The van der Waals surface area contributed by atoms with Crippen molar-refractivity contribution in [3.05, 3.63) is 54.4 Å². The zero-order chi connectivity index (χ0) is 15.8. The van der Waals surface area contributed by atoms with Crippen LogP contribution in [0.4, 0.5) is 0 Å². The number of benzene rings is 1. The van der Waals surface area contributed by atoms with Crippen molar-refractivity contribution in [3.63, 3.8) is 0 Å². The highest BCUT2D eigenvalue weighted by Gasteiger charge is 2.23. The Morgan fingerprint density at radius 2 is 1.86 bits per heavy atom. The second-order valence-electron chi connectivity index (χ2n) is 4.25. The summed E-state index contributed by atoms with van der Waals surface area (Å²) in [6.45, 7) is 0. The Balaban J connectivity index is 1.98. The van der Waals surface area contributed by atoms with Crippen molar-refractivity contribution < 1.29 is 14.3 Å². The third-order valence-corrected chi connectivity index (χ3v) is 3.63. The molecule has 1 heterocycles. The molecule has 0 aliphatic heterocycles. The lowest BCUT2D eigenvalue weighted by Gasteiger charge is -2.16. The quantitative estimate of drug-likeness (QED) is 0.495. The standard InChI is InChI=1S/C15H15N3O3S/c1-21-14(20)13(11-6-3-2-4-7-11)18-12(19)10-22-15-16-8-5-9-17-15/h2-9,13H,10H2,1H3,(H,18,19)/t13-/m1/s1. The van der Waals surface area contributed by atoms with Crippen LogP contribution in [0.2, 0.25) is 0 Å². The zero-order valence-corrected chi connectivity index (χ0v) is 12.7. The lowest BCUT2D eigenvalue weighted by atomic mass is 10.1. The first-order valence-corrected chi connectivity index (χ1v) is 7.51. The van der Waals surface area contributed by atoms with E-state index in [1.807, 2.05) is 6.07 Å². The highest BCUT2D eigenvalue weighted by Crippen LogP contribution is 2.16. The van der Waals surface area contributed by atoms with E-state index in [4.69, 9.17) is 4.74 Å². The van der Waals surface area contributed by atoms with E-state index in [1.165, 1.54) is 18.9 Å². The van der Waals surface area contributed by atoms with E-state index in [-0.39, 0.29) is 11.7 Å². The van der Waals surface area contributed by atoms with Crippen molar-refractivity contribution in [1.29, 1.82) is 0 Å². The minimum Gasteiger partial charge on any atom is -0.467 e. The predicted molar refractivity (Wildman–Crippen MR) is 82.1 cm³/mol. The zero-order valence-electron chi connectivity index (χ0n) is 11.9. The first-order valence-electron chi connectivity index (χ1n) is 6.52. The Morgan fingerprint density at radius 3 is 2.50 bits per heavy atom. The van der Waals surface area contributed by atoms with Gasteiger partial charge in [-0.1, -0.05) is 42.1 Å². The highest BCUT2D eigenvalue weighted by molar-refractivity contribution is 7.99. The smallest absolute Gasteiger partial charge is 0.333 e. The fraction of sp³-hybridized carbons (Fsp3) is 0.200. The molecule has 0 aliphatic rings. The Bertz CT molecular complexity index is 622. The molecule has 1 aromatic heterocycles. The van der Waals surface area contributed by atoms with Gasteiger partial charge in [0.25, 0.3) is 0 Å². The molecular formula is C15H15N3O3S. The van der Waals surface area contributed by atoms with Gasteiger partial charge in [0, 0.05) is 12.4 Å². The number of ether oxygens (including phenoxy) is 1. The van der Waals surface area contributed by atoms with Crippen molar-refractivity contribution in [2.24, 2.45) is 0 Å².